The Morgan fingerprint density at radius 3 is 1.79 bits per heavy atom. The monoisotopic (exact) mass is 403 g/mol. The standard InChI is InChI=1S/C12H23N.C12H18.2C2H6/c1-3-4-5-6-7-8-9-10-11-12-13-2;1-3-5-7-9-11-12-10-8-6-4-2;2*1-2/h4-5,7-8,13H,3,6,9-12H2,1-2H3;5,7,10,12H,3-4,9,11H2,1-2H3;2*1-2H3/b5-4-,8-7-;7-5-,12-10+;;. The van der Waals surface area contributed by atoms with Crippen molar-refractivity contribution in [3.63, 3.8) is 0 Å². The van der Waals surface area contributed by atoms with E-state index in [-0.39, 0.29) is 0 Å². The lowest BCUT2D eigenvalue weighted by atomic mass is 10.2. The molecule has 1 N–H and O–H groups in total. The Morgan fingerprint density at radius 1 is 0.655 bits per heavy atom. The number of rotatable bonds is 12. The highest BCUT2D eigenvalue weighted by Gasteiger charge is 1.82. The predicted octanol–water partition coefficient (Wildman–Crippen LogP) is 9.04. The van der Waals surface area contributed by atoms with E-state index in [1.165, 1.54) is 19.3 Å². The summed E-state index contributed by atoms with van der Waals surface area (Å²) in [5.41, 5.74) is 0. The molecule has 1 heteroatoms. The number of unbranched alkanes of at least 4 members (excludes halogenated alkanes) is 3. The third kappa shape index (κ3) is 51.9. The molecule has 0 aromatic rings. The third-order valence-electron chi connectivity index (χ3n) is 3.27. The van der Waals surface area contributed by atoms with E-state index in [0.29, 0.717) is 0 Å². The summed E-state index contributed by atoms with van der Waals surface area (Å²) < 4.78 is 0. The lowest BCUT2D eigenvalue weighted by Gasteiger charge is -1.95. The average Bonchev–Trinajstić information content (AvgIpc) is 2.78. The highest BCUT2D eigenvalue weighted by Crippen LogP contribution is 1.97. The molecular weight excluding hydrogens is 350 g/mol. The molecule has 0 rings (SSSR count). The van der Waals surface area contributed by atoms with Gasteiger partial charge >= 0.3 is 0 Å². The van der Waals surface area contributed by atoms with E-state index in [1.54, 1.807) is 0 Å². The highest BCUT2D eigenvalue weighted by molar-refractivity contribution is 5.14. The quantitative estimate of drug-likeness (QED) is 0.195. The van der Waals surface area contributed by atoms with Crippen molar-refractivity contribution in [1.82, 2.24) is 5.32 Å². The fourth-order valence-electron chi connectivity index (χ4n) is 1.90. The topological polar surface area (TPSA) is 12.0 Å². The summed E-state index contributed by atoms with van der Waals surface area (Å²) in [6.07, 6.45) is 27.9. The van der Waals surface area contributed by atoms with Crippen molar-refractivity contribution in [1.29, 1.82) is 0 Å². The van der Waals surface area contributed by atoms with Gasteiger partial charge in [-0.1, -0.05) is 103 Å². The second kappa shape index (κ2) is 45.3. The first-order valence-electron chi connectivity index (χ1n) is 12.1. The van der Waals surface area contributed by atoms with Crippen LogP contribution in [0.2, 0.25) is 0 Å². The Balaban J connectivity index is -0.000000184. The molecule has 0 spiro atoms. The van der Waals surface area contributed by atoms with E-state index in [1.807, 2.05) is 40.8 Å². The minimum atomic E-state index is 0.945. The molecule has 0 aliphatic rings. The molecule has 0 saturated heterocycles. The van der Waals surface area contributed by atoms with Gasteiger partial charge in [-0.25, -0.2) is 0 Å². The molecule has 0 aromatic carbocycles. The van der Waals surface area contributed by atoms with Gasteiger partial charge in [0.05, 0.1) is 0 Å². The van der Waals surface area contributed by atoms with Gasteiger partial charge < -0.3 is 5.32 Å². The normalized spacial score (nSPS) is 10.1. The fourth-order valence-corrected chi connectivity index (χ4v) is 1.90. The van der Waals surface area contributed by atoms with Crippen LogP contribution in [0.15, 0.2) is 48.6 Å². The van der Waals surface area contributed by atoms with Crippen LogP contribution in [-0.2, 0) is 0 Å². The smallest absolute Gasteiger partial charge is 0.00637 e. The van der Waals surface area contributed by atoms with Crippen molar-refractivity contribution >= 4 is 0 Å². The van der Waals surface area contributed by atoms with Crippen molar-refractivity contribution in [2.75, 3.05) is 13.6 Å². The Kier molecular flexibility index (Phi) is 54.6. The van der Waals surface area contributed by atoms with Crippen molar-refractivity contribution in [2.24, 2.45) is 0 Å². The molecule has 0 saturated carbocycles. The lowest BCUT2D eigenvalue weighted by molar-refractivity contribution is 0.684. The minimum Gasteiger partial charge on any atom is -0.320 e. The first kappa shape index (κ1) is 35.0. The Morgan fingerprint density at radius 2 is 1.21 bits per heavy atom. The second-order valence-corrected chi connectivity index (χ2v) is 5.72. The van der Waals surface area contributed by atoms with Crippen molar-refractivity contribution < 1.29 is 0 Å². The van der Waals surface area contributed by atoms with Crippen LogP contribution in [0, 0.1) is 11.8 Å². The molecule has 0 fully saturated rings. The molecule has 0 radical (unpaired) electrons. The van der Waals surface area contributed by atoms with Crippen LogP contribution in [0.4, 0.5) is 0 Å². The van der Waals surface area contributed by atoms with Crippen LogP contribution in [0.25, 0.3) is 0 Å². The summed E-state index contributed by atoms with van der Waals surface area (Å²) in [6.45, 7) is 15.5. The van der Waals surface area contributed by atoms with Gasteiger partial charge in [0, 0.05) is 6.42 Å². The van der Waals surface area contributed by atoms with E-state index < -0.39 is 0 Å². The predicted molar refractivity (Wildman–Crippen MR) is 140 cm³/mol. The molecule has 170 valence electrons. The molecule has 0 aliphatic heterocycles. The van der Waals surface area contributed by atoms with Gasteiger partial charge in [-0.2, -0.15) is 0 Å². The zero-order valence-corrected chi connectivity index (χ0v) is 21.2. The summed E-state index contributed by atoms with van der Waals surface area (Å²) in [6, 6.07) is 0. The Bertz CT molecular complexity index is 402. The minimum absolute atomic E-state index is 0.945. The summed E-state index contributed by atoms with van der Waals surface area (Å²) in [5.74, 6) is 5.97. The maximum Gasteiger partial charge on any atom is 0.00637 e. The second-order valence-electron chi connectivity index (χ2n) is 5.72. The SMILES string of the molecule is CC.CC.CC/C=C\C/C=C\CCCCNC.CCC#C/C=C/CC/C=C\CC. The van der Waals surface area contributed by atoms with Crippen LogP contribution in [0.1, 0.15) is 106 Å². The van der Waals surface area contributed by atoms with Crippen molar-refractivity contribution in [2.45, 2.75) is 106 Å². The van der Waals surface area contributed by atoms with Crippen LogP contribution in [-0.4, -0.2) is 13.6 Å². The molecule has 0 heterocycles. The van der Waals surface area contributed by atoms with E-state index in [2.05, 4.69) is 80.5 Å². The largest absolute Gasteiger partial charge is 0.320 e. The van der Waals surface area contributed by atoms with Gasteiger partial charge in [0.2, 0.25) is 0 Å². The Labute approximate surface area is 185 Å². The summed E-state index contributed by atoms with van der Waals surface area (Å²) in [4.78, 5) is 0. The molecule has 0 amide bonds. The first-order chi connectivity index (χ1) is 14.3. The molecule has 1 nitrogen and oxygen atoms in total. The third-order valence-corrected chi connectivity index (χ3v) is 3.27. The lowest BCUT2D eigenvalue weighted by Crippen LogP contribution is -2.06. The zero-order chi connectivity index (χ0) is 22.8. The maximum atomic E-state index is 3.15. The molecule has 0 aromatic heterocycles. The molecule has 0 bridgehead atoms. The van der Waals surface area contributed by atoms with Gasteiger partial charge in [-0.3, -0.25) is 0 Å². The first-order valence-corrected chi connectivity index (χ1v) is 12.1. The van der Waals surface area contributed by atoms with Crippen LogP contribution in [0.5, 0.6) is 0 Å². The van der Waals surface area contributed by atoms with E-state index >= 15 is 0 Å². The molecule has 0 unspecified atom stereocenters. The van der Waals surface area contributed by atoms with Crippen molar-refractivity contribution in [3.8, 4) is 11.8 Å². The zero-order valence-electron chi connectivity index (χ0n) is 21.2. The van der Waals surface area contributed by atoms with Gasteiger partial charge in [-0.05, 0) is 71.0 Å². The average molecular weight is 404 g/mol. The van der Waals surface area contributed by atoms with Gasteiger partial charge in [0.15, 0.2) is 0 Å². The van der Waals surface area contributed by atoms with Crippen LogP contribution >= 0.6 is 0 Å². The van der Waals surface area contributed by atoms with Gasteiger partial charge in [0.25, 0.3) is 0 Å². The number of nitrogens with one attached hydrogen (secondary N) is 1. The molecule has 29 heavy (non-hydrogen) atoms. The molecule has 0 aliphatic carbocycles. The number of hydrogen-bond donors (Lipinski definition) is 1. The summed E-state index contributed by atoms with van der Waals surface area (Å²) in [5, 5.41) is 3.15. The molecule has 0 atom stereocenters. The van der Waals surface area contributed by atoms with E-state index in [9.17, 15) is 0 Å². The van der Waals surface area contributed by atoms with Gasteiger partial charge in [0.1, 0.15) is 0 Å². The number of hydrogen-bond acceptors (Lipinski definition) is 1. The molecular formula is C28H53N. The van der Waals surface area contributed by atoms with E-state index in [4.69, 9.17) is 0 Å². The highest BCUT2D eigenvalue weighted by atomic mass is 14.8. The summed E-state index contributed by atoms with van der Waals surface area (Å²) in [7, 11) is 2.01. The number of allylic oxidation sites excluding steroid dienone is 8. The maximum absolute atomic E-state index is 3.15. The van der Waals surface area contributed by atoms with Crippen LogP contribution in [0.3, 0.4) is 0 Å². The fraction of sp³-hybridized carbons (Fsp3) is 0.643. The van der Waals surface area contributed by atoms with Crippen molar-refractivity contribution in [3.05, 3.63) is 48.6 Å². The summed E-state index contributed by atoms with van der Waals surface area (Å²) >= 11 is 0. The van der Waals surface area contributed by atoms with Crippen LogP contribution < -0.4 is 5.32 Å². The Hall–Kier alpha value is -1.52. The van der Waals surface area contributed by atoms with E-state index in [0.717, 1.165) is 45.1 Å². The van der Waals surface area contributed by atoms with Gasteiger partial charge in [-0.15, -0.1) is 0 Å².